The minimum Gasteiger partial charge on any atom is -0.493 e. The van der Waals surface area contributed by atoms with E-state index in [2.05, 4.69) is 13.8 Å². The molecule has 0 aromatic heterocycles. The predicted octanol–water partition coefficient (Wildman–Crippen LogP) is 7.44. The van der Waals surface area contributed by atoms with Gasteiger partial charge >= 0.3 is 5.97 Å². The molecule has 8 heteroatoms. The van der Waals surface area contributed by atoms with Gasteiger partial charge in [-0.15, -0.1) is 0 Å². The van der Waals surface area contributed by atoms with E-state index in [-0.39, 0.29) is 11.9 Å². The molecule has 42 heavy (non-hydrogen) atoms. The van der Waals surface area contributed by atoms with Gasteiger partial charge in [-0.3, -0.25) is 0 Å². The molecule has 0 amide bonds. The number of hydrogen-bond donors (Lipinski definition) is 0. The molecule has 0 aliphatic carbocycles. The highest BCUT2D eigenvalue weighted by Crippen LogP contribution is 2.42. The molecule has 1 saturated heterocycles. The maximum absolute atomic E-state index is 12.8. The highest BCUT2D eigenvalue weighted by molar-refractivity contribution is 5.96. The van der Waals surface area contributed by atoms with E-state index >= 15 is 0 Å². The summed E-state index contributed by atoms with van der Waals surface area (Å²) < 4.78 is 40.2. The second kappa shape index (κ2) is 17.4. The molecule has 3 rings (SSSR count). The van der Waals surface area contributed by atoms with Crippen LogP contribution in [-0.2, 0) is 16.0 Å². The van der Waals surface area contributed by atoms with E-state index in [0.717, 1.165) is 36.8 Å². The molecule has 0 spiro atoms. The van der Waals surface area contributed by atoms with Crippen molar-refractivity contribution in [3.63, 3.8) is 0 Å². The summed E-state index contributed by atoms with van der Waals surface area (Å²) in [4.78, 5) is 12.8. The molecule has 1 fully saturated rings. The lowest BCUT2D eigenvalue weighted by Gasteiger charge is -2.19. The average Bonchev–Trinajstić information content (AvgIpc) is 3.34. The first-order chi connectivity index (χ1) is 20.5. The Balaban J connectivity index is 1.88. The predicted molar refractivity (Wildman–Crippen MR) is 164 cm³/mol. The first-order valence-corrected chi connectivity index (χ1v) is 15.1. The summed E-state index contributed by atoms with van der Waals surface area (Å²) in [5.74, 6) is 2.99. The van der Waals surface area contributed by atoms with Crippen LogP contribution in [0.5, 0.6) is 34.5 Å². The first kappa shape index (κ1) is 33.0. The van der Waals surface area contributed by atoms with Crippen molar-refractivity contribution in [2.24, 2.45) is 5.92 Å². The number of methoxy groups -OCH3 is 4. The molecule has 8 nitrogen and oxygen atoms in total. The minimum atomic E-state index is -0.333. The third-order valence-corrected chi connectivity index (χ3v) is 7.38. The van der Waals surface area contributed by atoms with Crippen LogP contribution in [0, 0.1) is 5.92 Å². The van der Waals surface area contributed by atoms with E-state index in [0.29, 0.717) is 66.3 Å². The lowest BCUT2D eigenvalue weighted by molar-refractivity contribution is -0.135. The number of cyclic esters (lactones) is 1. The maximum Gasteiger partial charge on any atom is 0.334 e. The largest absolute Gasteiger partial charge is 0.493 e. The van der Waals surface area contributed by atoms with E-state index in [9.17, 15) is 4.79 Å². The molecular formula is C34H48O8. The zero-order chi connectivity index (χ0) is 30.3. The molecule has 0 saturated carbocycles. The van der Waals surface area contributed by atoms with Crippen molar-refractivity contribution >= 4 is 12.0 Å². The van der Waals surface area contributed by atoms with Gasteiger partial charge in [0.1, 0.15) is 0 Å². The van der Waals surface area contributed by atoms with Gasteiger partial charge in [-0.25, -0.2) is 4.79 Å². The number of benzene rings is 2. The van der Waals surface area contributed by atoms with Crippen LogP contribution in [0.3, 0.4) is 0 Å². The van der Waals surface area contributed by atoms with E-state index in [1.54, 1.807) is 28.4 Å². The Morgan fingerprint density at radius 2 is 1.29 bits per heavy atom. The first-order valence-electron chi connectivity index (χ1n) is 15.1. The third-order valence-electron chi connectivity index (χ3n) is 7.38. The average molecular weight is 585 g/mol. The Morgan fingerprint density at radius 3 is 1.86 bits per heavy atom. The molecule has 0 radical (unpaired) electrons. The lowest BCUT2D eigenvalue weighted by atomic mass is 9.92. The van der Waals surface area contributed by atoms with Crippen LogP contribution < -0.4 is 28.4 Å². The van der Waals surface area contributed by atoms with Crippen molar-refractivity contribution in [1.82, 2.24) is 0 Å². The summed E-state index contributed by atoms with van der Waals surface area (Å²) in [6.07, 6.45) is 11.3. The van der Waals surface area contributed by atoms with Gasteiger partial charge in [0.15, 0.2) is 23.0 Å². The van der Waals surface area contributed by atoms with Crippen LogP contribution in [0.2, 0.25) is 0 Å². The fourth-order valence-corrected chi connectivity index (χ4v) is 5.07. The van der Waals surface area contributed by atoms with E-state index in [1.165, 1.54) is 25.7 Å². The third kappa shape index (κ3) is 8.97. The van der Waals surface area contributed by atoms with Crippen LogP contribution in [0.4, 0.5) is 0 Å². The van der Waals surface area contributed by atoms with Crippen LogP contribution >= 0.6 is 0 Å². The number of hydrogen-bond acceptors (Lipinski definition) is 8. The quantitative estimate of drug-likeness (QED) is 0.0957. The number of unbranched alkanes of at least 4 members (excludes halogenated alkanes) is 6. The van der Waals surface area contributed by atoms with E-state index < -0.39 is 0 Å². The van der Waals surface area contributed by atoms with Gasteiger partial charge in [-0.1, -0.05) is 52.4 Å². The molecular weight excluding hydrogens is 536 g/mol. The van der Waals surface area contributed by atoms with Crippen LogP contribution in [0.25, 0.3) is 6.08 Å². The molecule has 1 aliphatic rings. The molecule has 2 aromatic carbocycles. The van der Waals surface area contributed by atoms with Gasteiger partial charge in [0.2, 0.25) is 11.5 Å². The Labute approximate surface area is 251 Å². The summed E-state index contributed by atoms with van der Waals surface area (Å²) in [7, 11) is 6.34. The standard InChI is InChI=1S/C34H48O8/c1-7-9-11-13-15-40-31-22-24(19-30(38-5)33(31)41-16-14-12-10-8-2)17-26-23-42-34(35)27(26)18-25-20-28(36-3)32(39-6)29(21-25)37-4/h18-22,26H,7-17,23H2,1-6H3/t26-/m1/s1. The number of carbonyl (C=O) groups is 1. The van der Waals surface area contributed by atoms with E-state index in [4.69, 9.17) is 33.2 Å². The number of carbonyl (C=O) groups excluding carboxylic acids is 1. The summed E-state index contributed by atoms with van der Waals surface area (Å²) >= 11 is 0. The van der Waals surface area contributed by atoms with Gasteiger partial charge in [0, 0.05) is 11.5 Å². The van der Waals surface area contributed by atoms with Crippen molar-refractivity contribution in [2.75, 3.05) is 48.3 Å². The maximum atomic E-state index is 12.8. The smallest absolute Gasteiger partial charge is 0.334 e. The lowest BCUT2D eigenvalue weighted by Crippen LogP contribution is -2.09. The van der Waals surface area contributed by atoms with Crippen molar-refractivity contribution in [3.8, 4) is 34.5 Å². The topological polar surface area (TPSA) is 81.7 Å². The van der Waals surface area contributed by atoms with Crippen molar-refractivity contribution in [1.29, 1.82) is 0 Å². The highest BCUT2D eigenvalue weighted by Gasteiger charge is 2.31. The zero-order valence-corrected chi connectivity index (χ0v) is 26.2. The molecule has 1 atom stereocenters. The monoisotopic (exact) mass is 584 g/mol. The normalized spacial score (nSPS) is 15.4. The minimum absolute atomic E-state index is 0.153. The Hall–Kier alpha value is -3.55. The van der Waals surface area contributed by atoms with Crippen molar-refractivity contribution in [3.05, 3.63) is 41.0 Å². The second-order valence-electron chi connectivity index (χ2n) is 10.5. The molecule has 232 valence electrons. The van der Waals surface area contributed by atoms with Gasteiger partial charge in [0.25, 0.3) is 0 Å². The van der Waals surface area contributed by atoms with Crippen LogP contribution in [0.1, 0.15) is 76.3 Å². The van der Waals surface area contributed by atoms with Gasteiger partial charge in [-0.2, -0.15) is 0 Å². The second-order valence-corrected chi connectivity index (χ2v) is 10.5. The molecule has 2 aromatic rings. The van der Waals surface area contributed by atoms with Crippen molar-refractivity contribution in [2.45, 2.75) is 71.6 Å². The summed E-state index contributed by atoms with van der Waals surface area (Å²) in [6.45, 7) is 5.90. The molecule has 0 bridgehead atoms. The van der Waals surface area contributed by atoms with Crippen LogP contribution in [-0.4, -0.2) is 54.2 Å². The van der Waals surface area contributed by atoms with E-state index in [1.807, 2.05) is 30.3 Å². The zero-order valence-electron chi connectivity index (χ0n) is 26.2. The summed E-state index contributed by atoms with van der Waals surface area (Å²) in [6, 6.07) is 7.63. The number of esters is 1. The molecule has 0 N–H and O–H groups in total. The number of rotatable bonds is 19. The summed E-state index contributed by atoms with van der Waals surface area (Å²) in [5, 5.41) is 0. The Morgan fingerprint density at radius 1 is 0.714 bits per heavy atom. The number of ether oxygens (including phenoxy) is 7. The SMILES string of the molecule is CCCCCCOc1cc(C[C@@H]2COC(=O)C2=Cc2cc(OC)c(OC)c(OC)c2)cc(OC)c1OCCCCCC. The highest BCUT2D eigenvalue weighted by atomic mass is 16.5. The van der Waals surface area contributed by atoms with Gasteiger partial charge in [-0.05, 0) is 60.7 Å². The van der Waals surface area contributed by atoms with Gasteiger partial charge < -0.3 is 33.2 Å². The fraction of sp³-hybridized carbons (Fsp3) is 0.559. The van der Waals surface area contributed by atoms with Crippen molar-refractivity contribution < 1.29 is 38.0 Å². The Kier molecular flexibility index (Phi) is 13.7. The van der Waals surface area contributed by atoms with Crippen LogP contribution in [0.15, 0.2) is 29.8 Å². The molecule has 1 heterocycles. The molecule has 0 unspecified atom stereocenters. The fourth-order valence-electron chi connectivity index (χ4n) is 5.07. The summed E-state index contributed by atoms with van der Waals surface area (Å²) in [5.41, 5.74) is 2.32. The molecule has 1 aliphatic heterocycles. The van der Waals surface area contributed by atoms with Gasteiger partial charge in [0.05, 0.1) is 48.3 Å². The Bertz CT molecular complexity index is 1150.